The molecule has 0 N–H and O–H groups in total. The van der Waals surface area contributed by atoms with Crippen molar-refractivity contribution in [3.05, 3.63) is 52.1 Å². The van der Waals surface area contributed by atoms with Crippen LogP contribution in [0.25, 0.3) is 0 Å². The van der Waals surface area contributed by atoms with Crippen molar-refractivity contribution in [2.75, 3.05) is 50.8 Å². The normalized spacial score (nSPS) is 17.4. The number of anilines is 1. The summed E-state index contributed by atoms with van der Waals surface area (Å²) >= 11 is 12.2. The Morgan fingerprint density at radius 3 is 2.55 bits per heavy atom. The van der Waals surface area contributed by atoms with Crippen LogP contribution in [0.3, 0.4) is 0 Å². The maximum Gasteiger partial charge on any atom is 0.267 e. The summed E-state index contributed by atoms with van der Waals surface area (Å²) < 4.78 is 5.47. The van der Waals surface area contributed by atoms with Gasteiger partial charge in [0.05, 0.1) is 10.6 Å². The highest BCUT2D eigenvalue weighted by Crippen LogP contribution is 2.27. The molecule has 2 aliphatic rings. The highest BCUT2D eigenvalue weighted by Gasteiger charge is 2.29. The van der Waals surface area contributed by atoms with Crippen LogP contribution in [0.15, 0.2) is 36.5 Å². The zero-order valence-electron chi connectivity index (χ0n) is 17.1. The minimum absolute atomic E-state index is 0.156. The lowest BCUT2D eigenvalue weighted by Gasteiger charge is -2.35. The standard InChI is InChI=1S/C22H24Cl2N4O3/c23-16-5-6-17-19(14-16)31-15-20(29)28(22(17)30)9-2-1-8-26-10-12-27(13-11-26)21-18(24)4-3-7-25-21/h3-7,14H,1-2,8-13,15H2. The number of hydrogen-bond donors (Lipinski definition) is 0. The van der Waals surface area contributed by atoms with Crippen molar-refractivity contribution < 1.29 is 14.3 Å². The van der Waals surface area contributed by atoms with Gasteiger partial charge in [-0.15, -0.1) is 0 Å². The van der Waals surface area contributed by atoms with E-state index in [9.17, 15) is 9.59 Å². The number of benzene rings is 1. The van der Waals surface area contributed by atoms with Crippen molar-refractivity contribution in [2.24, 2.45) is 0 Å². The highest BCUT2D eigenvalue weighted by atomic mass is 35.5. The third kappa shape index (κ3) is 5.11. The van der Waals surface area contributed by atoms with Gasteiger partial charge in [-0.3, -0.25) is 19.4 Å². The number of carbonyl (C=O) groups excluding carboxylic acids is 2. The fourth-order valence-electron chi connectivity index (χ4n) is 3.89. The highest BCUT2D eigenvalue weighted by molar-refractivity contribution is 6.33. The number of nitrogens with zero attached hydrogens (tertiary/aromatic N) is 4. The molecule has 1 aromatic heterocycles. The predicted octanol–water partition coefficient (Wildman–Crippen LogP) is 3.35. The summed E-state index contributed by atoms with van der Waals surface area (Å²) in [5.41, 5.74) is 0.375. The largest absolute Gasteiger partial charge is 0.483 e. The second-order valence-corrected chi connectivity index (χ2v) is 8.47. The zero-order valence-corrected chi connectivity index (χ0v) is 18.6. The molecule has 1 fully saturated rings. The average Bonchev–Trinajstić information content (AvgIpc) is 2.88. The lowest BCUT2D eigenvalue weighted by atomic mass is 10.1. The first kappa shape index (κ1) is 21.9. The summed E-state index contributed by atoms with van der Waals surface area (Å²) in [6, 6.07) is 8.51. The van der Waals surface area contributed by atoms with Gasteiger partial charge in [0, 0.05) is 43.9 Å². The Morgan fingerprint density at radius 1 is 1.00 bits per heavy atom. The van der Waals surface area contributed by atoms with E-state index >= 15 is 0 Å². The lowest BCUT2D eigenvalue weighted by molar-refractivity contribution is -0.130. The maximum absolute atomic E-state index is 12.8. The molecule has 9 heteroatoms. The molecule has 1 saturated heterocycles. The quantitative estimate of drug-likeness (QED) is 0.484. The van der Waals surface area contributed by atoms with Crippen LogP contribution >= 0.6 is 23.2 Å². The van der Waals surface area contributed by atoms with Crippen molar-refractivity contribution in [1.29, 1.82) is 0 Å². The molecule has 1 aromatic carbocycles. The number of piperazine rings is 1. The number of aromatic nitrogens is 1. The van der Waals surface area contributed by atoms with Gasteiger partial charge >= 0.3 is 0 Å². The second kappa shape index (κ2) is 9.85. The lowest BCUT2D eigenvalue weighted by Crippen LogP contribution is -2.47. The van der Waals surface area contributed by atoms with Crippen molar-refractivity contribution >= 4 is 40.8 Å². The zero-order chi connectivity index (χ0) is 21.8. The summed E-state index contributed by atoms with van der Waals surface area (Å²) in [5.74, 6) is 0.554. The van der Waals surface area contributed by atoms with E-state index in [1.165, 1.54) is 4.90 Å². The molecule has 0 atom stereocenters. The Hall–Kier alpha value is -2.35. The topological polar surface area (TPSA) is 66.0 Å². The van der Waals surface area contributed by atoms with Gasteiger partial charge in [-0.1, -0.05) is 23.2 Å². The van der Waals surface area contributed by atoms with E-state index < -0.39 is 0 Å². The van der Waals surface area contributed by atoms with Crippen LogP contribution in [0.4, 0.5) is 5.82 Å². The van der Waals surface area contributed by atoms with Crippen LogP contribution < -0.4 is 9.64 Å². The SMILES string of the molecule is O=C1COc2cc(Cl)ccc2C(=O)N1CCCCN1CCN(c2ncccc2Cl)CC1. The monoisotopic (exact) mass is 462 g/mol. The van der Waals surface area contributed by atoms with Crippen LogP contribution in [0.5, 0.6) is 5.75 Å². The number of halogens is 2. The fraction of sp³-hybridized carbons (Fsp3) is 0.409. The molecule has 164 valence electrons. The molecule has 0 unspecified atom stereocenters. The van der Waals surface area contributed by atoms with Gasteiger partial charge in [-0.05, 0) is 49.7 Å². The molecule has 2 aliphatic heterocycles. The van der Waals surface area contributed by atoms with Crippen LogP contribution in [-0.2, 0) is 4.79 Å². The van der Waals surface area contributed by atoms with Crippen molar-refractivity contribution in [1.82, 2.24) is 14.8 Å². The van der Waals surface area contributed by atoms with E-state index in [0.717, 1.165) is 51.4 Å². The van der Waals surface area contributed by atoms with E-state index in [2.05, 4.69) is 14.8 Å². The number of imide groups is 1. The summed E-state index contributed by atoms with van der Waals surface area (Å²) in [6.45, 7) is 4.74. The molecule has 31 heavy (non-hydrogen) atoms. The van der Waals surface area contributed by atoms with Crippen molar-refractivity contribution in [2.45, 2.75) is 12.8 Å². The number of hydrogen-bond acceptors (Lipinski definition) is 6. The van der Waals surface area contributed by atoms with Gasteiger partial charge in [0.25, 0.3) is 11.8 Å². The van der Waals surface area contributed by atoms with Crippen LogP contribution in [0, 0.1) is 0 Å². The van der Waals surface area contributed by atoms with Crippen LogP contribution in [0.2, 0.25) is 10.0 Å². The van der Waals surface area contributed by atoms with Gasteiger partial charge in [-0.2, -0.15) is 0 Å². The molecule has 0 saturated carbocycles. The second-order valence-electron chi connectivity index (χ2n) is 7.62. The number of fused-ring (bicyclic) bond motifs is 1. The Balaban J connectivity index is 1.24. The first-order valence-corrected chi connectivity index (χ1v) is 11.1. The van der Waals surface area contributed by atoms with E-state index in [0.29, 0.717) is 27.9 Å². The number of amides is 2. The molecule has 2 amide bonds. The first-order chi connectivity index (χ1) is 15.0. The van der Waals surface area contributed by atoms with Gasteiger partial charge in [-0.25, -0.2) is 4.98 Å². The van der Waals surface area contributed by atoms with E-state index in [1.807, 2.05) is 12.1 Å². The first-order valence-electron chi connectivity index (χ1n) is 10.4. The molecule has 7 nitrogen and oxygen atoms in total. The average molecular weight is 463 g/mol. The molecular formula is C22H24Cl2N4O3. The molecule has 0 aliphatic carbocycles. The van der Waals surface area contributed by atoms with Crippen LogP contribution in [0.1, 0.15) is 23.2 Å². The molecule has 0 spiro atoms. The van der Waals surface area contributed by atoms with Gasteiger partial charge < -0.3 is 9.64 Å². The number of ether oxygens (including phenoxy) is 1. The number of pyridine rings is 1. The Bertz CT molecular complexity index is 964. The smallest absolute Gasteiger partial charge is 0.267 e. The number of unbranched alkanes of at least 4 members (excludes halogenated alkanes) is 1. The summed E-state index contributed by atoms with van der Waals surface area (Å²) in [6.07, 6.45) is 3.40. The molecule has 4 rings (SSSR count). The molecule has 0 bridgehead atoms. The van der Waals surface area contributed by atoms with Gasteiger partial charge in [0.2, 0.25) is 0 Å². The summed E-state index contributed by atoms with van der Waals surface area (Å²) in [7, 11) is 0. The number of carbonyl (C=O) groups is 2. The van der Waals surface area contributed by atoms with Gasteiger partial charge in [0.15, 0.2) is 6.61 Å². The van der Waals surface area contributed by atoms with Crippen molar-refractivity contribution in [3.63, 3.8) is 0 Å². The minimum Gasteiger partial charge on any atom is -0.483 e. The third-order valence-corrected chi connectivity index (χ3v) is 6.12. The fourth-order valence-corrected chi connectivity index (χ4v) is 4.30. The van der Waals surface area contributed by atoms with E-state index in [-0.39, 0.29) is 18.4 Å². The number of rotatable bonds is 6. The Kier molecular flexibility index (Phi) is 6.95. The van der Waals surface area contributed by atoms with Crippen LogP contribution in [-0.4, -0.2) is 72.5 Å². The van der Waals surface area contributed by atoms with E-state index in [1.54, 1.807) is 24.4 Å². The third-order valence-electron chi connectivity index (χ3n) is 5.59. The van der Waals surface area contributed by atoms with E-state index in [4.69, 9.17) is 27.9 Å². The van der Waals surface area contributed by atoms with Gasteiger partial charge in [0.1, 0.15) is 11.6 Å². The molecule has 3 heterocycles. The summed E-state index contributed by atoms with van der Waals surface area (Å²) in [4.78, 5) is 35.5. The Labute approximate surface area is 191 Å². The molecule has 0 radical (unpaired) electrons. The Morgan fingerprint density at radius 2 is 1.77 bits per heavy atom. The van der Waals surface area contributed by atoms with Crippen molar-refractivity contribution in [3.8, 4) is 5.75 Å². The molecular weight excluding hydrogens is 439 g/mol. The molecule has 2 aromatic rings. The summed E-state index contributed by atoms with van der Waals surface area (Å²) in [5, 5.41) is 1.15. The predicted molar refractivity (Wildman–Crippen MR) is 120 cm³/mol. The minimum atomic E-state index is -0.324. The maximum atomic E-state index is 12.8.